The minimum atomic E-state index is -0.230. The van der Waals surface area contributed by atoms with Crippen molar-refractivity contribution in [2.75, 3.05) is 6.54 Å². The second-order valence-electron chi connectivity index (χ2n) is 4.00. The quantitative estimate of drug-likeness (QED) is 0.571. The van der Waals surface area contributed by atoms with E-state index < -0.39 is 0 Å². The minimum Gasteiger partial charge on any atom is -0.355 e. The predicted molar refractivity (Wildman–Crippen MR) is 65.3 cm³/mol. The number of nitrogens with zero attached hydrogens (tertiary/aromatic N) is 3. The molecule has 1 atom stereocenters. The monoisotopic (exact) mass is 242 g/mol. The summed E-state index contributed by atoms with van der Waals surface area (Å²) in [7, 11) is 0. The van der Waals surface area contributed by atoms with Gasteiger partial charge in [0.1, 0.15) is 0 Å². The Balaban J connectivity index is 2.13. The van der Waals surface area contributed by atoms with E-state index in [1.165, 1.54) is 0 Å². The van der Waals surface area contributed by atoms with Crippen molar-refractivity contribution in [3.8, 4) is 0 Å². The molecule has 6 heteroatoms. The summed E-state index contributed by atoms with van der Waals surface area (Å²) < 4.78 is 1.74. The molecule has 1 amide bonds. The summed E-state index contributed by atoms with van der Waals surface area (Å²) in [6.45, 7) is 5.36. The molecule has 0 spiro atoms. The number of carbonyl (C=O) groups excluding carboxylic acids is 1. The third-order valence-corrected chi connectivity index (χ3v) is 3.07. The predicted octanol–water partition coefficient (Wildman–Crippen LogP) is 0.739. The average molecular weight is 242 g/mol. The van der Waals surface area contributed by atoms with Crippen LogP contribution in [0, 0.1) is 5.92 Å². The van der Waals surface area contributed by atoms with Gasteiger partial charge in [0.25, 0.3) is 0 Å². The summed E-state index contributed by atoms with van der Waals surface area (Å²) in [5, 5.41) is 10.2. The molecule has 1 aromatic heterocycles. The van der Waals surface area contributed by atoms with Crippen LogP contribution in [0.5, 0.6) is 0 Å². The van der Waals surface area contributed by atoms with Gasteiger partial charge in [-0.25, -0.2) is 0 Å². The number of hydrogen-bond acceptors (Lipinski definition) is 4. The zero-order valence-corrected chi connectivity index (χ0v) is 10.5. The lowest BCUT2D eigenvalue weighted by molar-refractivity contribution is -0.121. The number of aryl methyl sites for hydroxylation is 1. The summed E-state index contributed by atoms with van der Waals surface area (Å²) in [5.41, 5.74) is 0. The molecule has 1 rings (SSSR count). The van der Waals surface area contributed by atoms with Gasteiger partial charge in [-0.05, 0) is 12.3 Å². The van der Waals surface area contributed by atoms with E-state index in [1.54, 1.807) is 17.1 Å². The van der Waals surface area contributed by atoms with E-state index in [4.69, 9.17) is 0 Å². The first-order valence-corrected chi connectivity index (χ1v) is 5.92. The van der Waals surface area contributed by atoms with Gasteiger partial charge in [0.05, 0.1) is 11.4 Å². The van der Waals surface area contributed by atoms with Crippen molar-refractivity contribution in [1.82, 2.24) is 20.3 Å². The van der Waals surface area contributed by atoms with Gasteiger partial charge in [0.2, 0.25) is 5.91 Å². The van der Waals surface area contributed by atoms with E-state index in [1.807, 2.05) is 13.8 Å². The lowest BCUT2D eigenvalue weighted by atomic mass is 10.1. The van der Waals surface area contributed by atoms with Crippen LogP contribution in [0.3, 0.4) is 0 Å². The van der Waals surface area contributed by atoms with Crippen LogP contribution < -0.4 is 5.32 Å². The lowest BCUT2D eigenvalue weighted by Crippen LogP contribution is -2.35. The average Bonchev–Trinajstić information content (AvgIpc) is 2.75. The van der Waals surface area contributed by atoms with E-state index in [9.17, 15) is 4.79 Å². The first kappa shape index (κ1) is 13.0. The fourth-order valence-electron chi connectivity index (χ4n) is 1.21. The molecule has 5 nitrogen and oxygen atoms in total. The lowest BCUT2D eigenvalue weighted by Gasteiger charge is -2.14. The third kappa shape index (κ3) is 4.22. The Kier molecular flexibility index (Phi) is 5.31. The van der Waals surface area contributed by atoms with Crippen LogP contribution >= 0.6 is 12.6 Å². The molecule has 1 N–H and O–H groups in total. The van der Waals surface area contributed by atoms with Gasteiger partial charge in [-0.3, -0.25) is 9.48 Å². The number of aromatic nitrogens is 3. The summed E-state index contributed by atoms with van der Waals surface area (Å²) in [6.07, 6.45) is 4.28. The fourth-order valence-corrected chi connectivity index (χ4v) is 1.30. The Morgan fingerprint density at radius 2 is 2.31 bits per heavy atom. The van der Waals surface area contributed by atoms with Gasteiger partial charge in [-0.2, -0.15) is 12.6 Å². The summed E-state index contributed by atoms with van der Waals surface area (Å²) in [4.78, 5) is 11.5. The van der Waals surface area contributed by atoms with Crippen LogP contribution in [0.2, 0.25) is 0 Å². The number of carbonyl (C=O) groups is 1. The van der Waals surface area contributed by atoms with Crippen molar-refractivity contribution in [3.05, 3.63) is 12.4 Å². The van der Waals surface area contributed by atoms with Crippen LogP contribution in [0.15, 0.2) is 12.4 Å². The Morgan fingerprint density at radius 1 is 1.56 bits per heavy atom. The third-order valence-electron chi connectivity index (χ3n) is 2.24. The fraction of sp³-hybridized carbons (Fsp3) is 0.700. The highest BCUT2D eigenvalue weighted by Crippen LogP contribution is 2.08. The number of rotatable bonds is 6. The molecule has 1 aromatic rings. The molecule has 0 saturated carbocycles. The highest BCUT2D eigenvalue weighted by Gasteiger charge is 2.16. The van der Waals surface area contributed by atoms with Gasteiger partial charge < -0.3 is 5.32 Å². The van der Waals surface area contributed by atoms with Crippen LogP contribution in [0.25, 0.3) is 0 Å². The SMILES string of the molecule is CC(C)C(S)C(=O)NCCCn1ccnn1. The van der Waals surface area contributed by atoms with Crippen molar-refractivity contribution in [2.45, 2.75) is 32.1 Å². The van der Waals surface area contributed by atoms with E-state index in [0.717, 1.165) is 13.0 Å². The molecule has 1 unspecified atom stereocenters. The van der Waals surface area contributed by atoms with Crippen LogP contribution in [-0.4, -0.2) is 32.7 Å². The van der Waals surface area contributed by atoms with Crippen molar-refractivity contribution >= 4 is 18.5 Å². The molecule has 0 aromatic carbocycles. The van der Waals surface area contributed by atoms with E-state index in [-0.39, 0.29) is 17.1 Å². The standard InChI is InChI=1S/C10H18N4OS/c1-8(2)9(16)10(15)11-4-3-6-14-7-5-12-13-14/h5,7-9,16H,3-4,6H2,1-2H3,(H,11,15). The van der Waals surface area contributed by atoms with Gasteiger partial charge >= 0.3 is 0 Å². The van der Waals surface area contributed by atoms with E-state index in [0.29, 0.717) is 6.54 Å². The number of nitrogens with one attached hydrogen (secondary N) is 1. The van der Waals surface area contributed by atoms with E-state index >= 15 is 0 Å². The first-order valence-electron chi connectivity index (χ1n) is 5.41. The zero-order chi connectivity index (χ0) is 12.0. The van der Waals surface area contributed by atoms with Gasteiger partial charge in [0.15, 0.2) is 0 Å². The molecule has 0 bridgehead atoms. The van der Waals surface area contributed by atoms with Crippen LogP contribution in [-0.2, 0) is 11.3 Å². The Hall–Kier alpha value is -1.04. The molecule has 0 radical (unpaired) electrons. The zero-order valence-electron chi connectivity index (χ0n) is 9.63. The number of amides is 1. The van der Waals surface area contributed by atoms with Crippen molar-refractivity contribution in [1.29, 1.82) is 0 Å². The minimum absolute atomic E-state index is 0.00285. The van der Waals surface area contributed by atoms with Crippen molar-refractivity contribution in [3.63, 3.8) is 0 Å². The molecule has 0 fully saturated rings. The Bertz CT molecular complexity index is 313. The molecule has 0 aliphatic rings. The molecule has 1 heterocycles. The second kappa shape index (κ2) is 6.52. The Morgan fingerprint density at radius 3 is 2.88 bits per heavy atom. The first-order chi connectivity index (χ1) is 7.61. The molecule has 90 valence electrons. The second-order valence-corrected chi connectivity index (χ2v) is 4.56. The summed E-state index contributed by atoms with van der Waals surface area (Å²) in [6, 6.07) is 0. The summed E-state index contributed by atoms with van der Waals surface area (Å²) >= 11 is 4.24. The van der Waals surface area contributed by atoms with E-state index in [2.05, 4.69) is 28.3 Å². The van der Waals surface area contributed by atoms with Crippen molar-refractivity contribution < 1.29 is 4.79 Å². The highest BCUT2D eigenvalue weighted by atomic mass is 32.1. The molecule has 0 aliphatic carbocycles. The molecular weight excluding hydrogens is 224 g/mol. The van der Waals surface area contributed by atoms with Gasteiger partial charge in [0, 0.05) is 19.3 Å². The maximum atomic E-state index is 11.5. The van der Waals surface area contributed by atoms with Crippen molar-refractivity contribution in [2.24, 2.45) is 5.92 Å². The smallest absolute Gasteiger partial charge is 0.233 e. The van der Waals surface area contributed by atoms with Crippen LogP contribution in [0.1, 0.15) is 20.3 Å². The summed E-state index contributed by atoms with van der Waals surface area (Å²) in [5.74, 6) is 0.246. The highest BCUT2D eigenvalue weighted by molar-refractivity contribution is 7.81. The number of thiol groups is 1. The molecular formula is C10H18N4OS. The Labute approximate surface area is 101 Å². The van der Waals surface area contributed by atoms with Gasteiger partial charge in [-0.15, -0.1) is 5.10 Å². The van der Waals surface area contributed by atoms with Crippen LogP contribution in [0.4, 0.5) is 0 Å². The number of hydrogen-bond donors (Lipinski definition) is 2. The maximum absolute atomic E-state index is 11.5. The maximum Gasteiger partial charge on any atom is 0.233 e. The largest absolute Gasteiger partial charge is 0.355 e. The normalized spacial score (nSPS) is 12.8. The molecule has 0 saturated heterocycles. The van der Waals surface area contributed by atoms with Gasteiger partial charge in [-0.1, -0.05) is 19.1 Å². The topological polar surface area (TPSA) is 59.8 Å². The molecule has 0 aliphatic heterocycles. The molecule has 16 heavy (non-hydrogen) atoms.